The number of carbonyl (C=O) groups excluding carboxylic acids is 1. The van der Waals surface area contributed by atoms with E-state index in [1.165, 1.54) is 12.5 Å². The van der Waals surface area contributed by atoms with E-state index in [1.807, 2.05) is 0 Å². The van der Waals surface area contributed by atoms with E-state index >= 15 is 0 Å². The lowest BCUT2D eigenvalue weighted by atomic mass is 11.5. The second-order valence-corrected chi connectivity index (χ2v) is 4.56. The van der Waals surface area contributed by atoms with E-state index in [0.29, 0.717) is 6.41 Å². The van der Waals surface area contributed by atoms with E-state index in [4.69, 9.17) is 0 Å². The molecule has 0 unspecified atom stereocenters. The van der Waals surface area contributed by atoms with Crippen LogP contribution in [0.3, 0.4) is 0 Å². The Labute approximate surface area is 43.7 Å². The molecule has 4 heteroatoms. The molecule has 0 radical (unpaired) electrons. The molecule has 0 bridgehead atoms. The number of amides is 1. The highest BCUT2D eigenvalue weighted by Crippen LogP contribution is 1.77. The zero-order valence-electron chi connectivity index (χ0n) is 4.34. The highest BCUT2D eigenvalue weighted by Gasteiger charge is 1.90. The summed E-state index contributed by atoms with van der Waals surface area (Å²) < 4.78 is 12.6. The molecule has 0 aliphatic heterocycles. The van der Waals surface area contributed by atoms with E-state index in [0.717, 1.165) is 0 Å². The summed E-state index contributed by atoms with van der Waals surface area (Å²) >= 11 is 0. The van der Waals surface area contributed by atoms with Crippen LogP contribution < -0.4 is 4.72 Å². The van der Waals surface area contributed by atoms with Gasteiger partial charge in [0.2, 0.25) is 6.41 Å². The molecule has 44 valence electrons. The van der Waals surface area contributed by atoms with Crippen LogP contribution in [0.4, 0.5) is 0 Å². The van der Waals surface area contributed by atoms with Crippen LogP contribution in [0.25, 0.3) is 0 Å². The first-order valence-electron chi connectivity index (χ1n) is 1.82. The molecule has 0 fully saturated rings. The van der Waals surface area contributed by atoms with Gasteiger partial charge in [0.15, 0.2) is 0 Å². The van der Waals surface area contributed by atoms with Crippen molar-refractivity contribution in [3.63, 3.8) is 0 Å². The normalized spacial score (nSPS) is 12.9. The van der Waals surface area contributed by atoms with Gasteiger partial charge in [-0.15, -0.1) is 0 Å². The topological polar surface area (TPSA) is 46.2 Å². The van der Waals surface area contributed by atoms with Crippen molar-refractivity contribution >= 4 is 16.5 Å². The quantitative estimate of drug-likeness (QED) is 0.362. The number of hydrogen-bond donors (Lipinski definition) is 2. The molecule has 7 heavy (non-hydrogen) atoms. The van der Waals surface area contributed by atoms with Gasteiger partial charge in [-0.1, -0.05) is 0 Å². The third-order valence-electron chi connectivity index (χ3n) is 0.364. The summed E-state index contributed by atoms with van der Waals surface area (Å²) in [7, 11) is -2.28. The van der Waals surface area contributed by atoms with Crippen LogP contribution in [0.1, 0.15) is 0 Å². The van der Waals surface area contributed by atoms with Crippen molar-refractivity contribution in [1.82, 2.24) is 4.72 Å². The Morgan fingerprint density at radius 1 is 1.57 bits per heavy atom. The average Bonchev–Trinajstić information content (AvgIpc) is 1.30. The number of carbonyl (C=O) groups is 1. The van der Waals surface area contributed by atoms with Gasteiger partial charge >= 0.3 is 0 Å². The summed E-state index contributed by atoms with van der Waals surface area (Å²) in [5.41, 5.74) is 0. The number of rotatable bonds is 2. The van der Waals surface area contributed by atoms with Crippen LogP contribution in [0.15, 0.2) is 0 Å². The second-order valence-electron chi connectivity index (χ2n) is 1.60. The monoisotopic (exact) mass is 123 g/mol. The van der Waals surface area contributed by atoms with E-state index in [1.54, 1.807) is 0 Å². The lowest BCUT2D eigenvalue weighted by Gasteiger charge is -2.07. The second kappa shape index (κ2) is 2.07. The Kier molecular flexibility index (Phi) is 1.95. The smallest absolute Gasteiger partial charge is 0.217 e. The van der Waals surface area contributed by atoms with Crippen molar-refractivity contribution in [3.05, 3.63) is 0 Å². The zero-order chi connectivity index (χ0) is 5.91. The van der Waals surface area contributed by atoms with Crippen molar-refractivity contribution < 1.29 is 9.00 Å². The fourth-order valence-electron chi connectivity index (χ4n) is 0.127. The third-order valence-corrected chi connectivity index (χ3v) is 1.09. The average molecular weight is 123 g/mol. The highest BCUT2D eigenvalue weighted by atomic mass is 32.3. The van der Waals surface area contributed by atoms with Gasteiger partial charge in [0.05, 0.1) is 0 Å². The molecule has 0 saturated carbocycles. The van der Waals surface area contributed by atoms with Gasteiger partial charge in [0.1, 0.15) is 0 Å². The van der Waals surface area contributed by atoms with E-state index in [-0.39, 0.29) is 0 Å². The van der Waals surface area contributed by atoms with E-state index < -0.39 is 10.1 Å². The number of nitrogens with one attached hydrogen (secondary N) is 1. The molecule has 0 aromatic heterocycles. The molecule has 0 aliphatic carbocycles. The maximum Gasteiger partial charge on any atom is 0.217 e. The molecule has 0 atom stereocenters. The SMILES string of the molecule is C[SH](C)(=O)NC=O. The van der Waals surface area contributed by atoms with Crippen LogP contribution in [-0.4, -0.2) is 23.1 Å². The molecular formula is C3H9NO2S. The minimum absolute atomic E-state index is 0.445. The molecule has 3 nitrogen and oxygen atoms in total. The Morgan fingerprint density at radius 2 is 2.00 bits per heavy atom. The van der Waals surface area contributed by atoms with Crippen molar-refractivity contribution in [1.29, 1.82) is 0 Å². The largest absolute Gasteiger partial charge is 0.300 e. The minimum atomic E-state index is -2.28. The maximum absolute atomic E-state index is 10.5. The Bertz CT molecular complexity index is 106. The summed E-state index contributed by atoms with van der Waals surface area (Å²) in [4.78, 5) is 9.54. The van der Waals surface area contributed by atoms with Crippen LogP contribution >= 0.6 is 0 Å². The predicted octanol–water partition coefficient (Wildman–Crippen LogP) is -1.08. The van der Waals surface area contributed by atoms with Crippen molar-refractivity contribution in [3.8, 4) is 0 Å². The molecule has 0 aromatic rings. The van der Waals surface area contributed by atoms with Crippen LogP contribution in [0.5, 0.6) is 0 Å². The first-order valence-corrected chi connectivity index (χ1v) is 4.43. The first kappa shape index (κ1) is 6.62. The van der Waals surface area contributed by atoms with Gasteiger partial charge in [-0.3, -0.25) is 13.7 Å². The lowest BCUT2D eigenvalue weighted by molar-refractivity contribution is -0.108. The van der Waals surface area contributed by atoms with Gasteiger partial charge in [0, 0.05) is 12.5 Å². The minimum Gasteiger partial charge on any atom is -0.300 e. The summed E-state index contributed by atoms with van der Waals surface area (Å²) in [5.74, 6) is 0. The Balaban J connectivity index is 3.57. The third kappa shape index (κ3) is 5.62. The van der Waals surface area contributed by atoms with Crippen molar-refractivity contribution in [2.45, 2.75) is 0 Å². The summed E-state index contributed by atoms with van der Waals surface area (Å²) in [6.07, 6.45) is 3.42. The first-order chi connectivity index (χ1) is 3.06. The van der Waals surface area contributed by atoms with Gasteiger partial charge in [-0.2, -0.15) is 0 Å². The summed E-state index contributed by atoms with van der Waals surface area (Å²) in [6, 6.07) is 0. The standard InChI is InChI=1S/C3H9NO2S/c1-7(2,6)4-3-5/h3,7H,1-2H3,(H,4,5,6). The van der Waals surface area contributed by atoms with Crippen LogP contribution in [-0.2, 0) is 14.9 Å². The maximum atomic E-state index is 10.5. The van der Waals surface area contributed by atoms with E-state index in [2.05, 4.69) is 4.72 Å². The molecular weight excluding hydrogens is 114 g/mol. The van der Waals surface area contributed by atoms with Gasteiger partial charge in [-0.25, -0.2) is 0 Å². The van der Waals surface area contributed by atoms with Gasteiger partial charge < -0.3 is 0 Å². The fourth-order valence-corrected chi connectivity index (χ4v) is 0.381. The number of hydrogen-bond acceptors (Lipinski definition) is 2. The van der Waals surface area contributed by atoms with E-state index in [9.17, 15) is 9.00 Å². The van der Waals surface area contributed by atoms with Crippen LogP contribution in [0.2, 0.25) is 0 Å². The molecule has 0 aliphatic rings. The Hall–Kier alpha value is -0.380. The molecule has 0 spiro atoms. The highest BCUT2D eigenvalue weighted by molar-refractivity contribution is 8.00. The van der Waals surface area contributed by atoms with Gasteiger partial charge in [-0.05, 0) is 10.1 Å². The van der Waals surface area contributed by atoms with Crippen molar-refractivity contribution in [2.75, 3.05) is 12.5 Å². The Morgan fingerprint density at radius 3 is 2.00 bits per heavy atom. The summed E-state index contributed by atoms with van der Waals surface area (Å²) in [6.45, 7) is 0. The van der Waals surface area contributed by atoms with Crippen LogP contribution in [0, 0.1) is 0 Å². The summed E-state index contributed by atoms with van der Waals surface area (Å²) in [5, 5.41) is 0. The molecule has 0 heterocycles. The molecule has 0 rings (SSSR count). The molecule has 0 saturated heterocycles. The molecule has 0 aromatic carbocycles. The van der Waals surface area contributed by atoms with Crippen molar-refractivity contribution in [2.24, 2.45) is 0 Å². The number of thiol groups is 1. The zero-order valence-corrected chi connectivity index (χ0v) is 5.24. The lowest BCUT2D eigenvalue weighted by Crippen LogP contribution is -2.26. The predicted molar refractivity (Wildman–Crippen MR) is 30.6 cm³/mol. The molecule has 1 amide bonds. The fraction of sp³-hybridized carbons (Fsp3) is 0.667. The van der Waals surface area contributed by atoms with Gasteiger partial charge in [0.25, 0.3) is 0 Å². The molecule has 1 N–H and O–H groups in total.